The maximum absolute atomic E-state index is 12.4. The second-order valence-electron chi connectivity index (χ2n) is 7.94. The van der Waals surface area contributed by atoms with Gasteiger partial charge in [0.1, 0.15) is 11.4 Å². The lowest BCUT2D eigenvalue weighted by molar-refractivity contribution is -0.0268. The number of halogens is 1. The molecule has 0 atom stereocenters. The van der Waals surface area contributed by atoms with Crippen LogP contribution in [-0.2, 0) is 10.3 Å². The number of fused-ring (bicyclic) bond motifs is 4. The number of carbonyl (C=O) groups is 1. The summed E-state index contributed by atoms with van der Waals surface area (Å²) in [6.07, 6.45) is 3.21. The van der Waals surface area contributed by atoms with Gasteiger partial charge in [-0.3, -0.25) is 0 Å². The van der Waals surface area contributed by atoms with Crippen molar-refractivity contribution in [3.8, 4) is 11.4 Å². The largest absolute Gasteiger partial charge is 0.479 e. The van der Waals surface area contributed by atoms with Gasteiger partial charge in [0, 0.05) is 43.2 Å². The van der Waals surface area contributed by atoms with Crippen LogP contribution in [0, 0.1) is 0 Å². The van der Waals surface area contributed by atoms with Gasteiger partial charge >= 0.3 is 6.09 Å². The van der Waals surface area contributed by atoms with E-state index in [-0.39, 0.29) is 6.09 Å². The van der Waals surface area contributed by atoms with Crippen LogP contribution >= 0.6 is 11.6 Å². The molecule has 2 aliphatic rings. The van der Waals surface area contributed by atoms with E-state index in [1.54, 1.807) is 4.90 Å². The smallest absolute Gasteiger partial charge is 0.410 e. The summed E-state index contributed by atoms with van der Waals surface area (Å²) in [5.41, 5.74) is 1.18. The molecular weight excluding hydrogens is 352 g/mol. The molecule has 0 bridgehead atoms. The summed E-state index contributed by atoms with van der Waals surface area (Å²) >= 11 is 6.17. The Morgan fingerprint density at radius 3 is 2.65 bits per heavy atom. The van der Waals surface area contributed by atoms with Gasteiger partial charge in [-0.05, 0) is 45.0 Å². The average Bonchev–Trinajstić information content (AvgIpc) is 3.04. The lowest BCUT2D eigenvalue weighted by Gasteiger charge is -2.45. The molecule has 2 aliphatic heterocycles. The molecule has 4 rings (SSSR count). The van der Waals surface area contributed by atoms with Crippen molar-refractivity contribution in [3.63, 3.8) is 0 Å². The van der Waals surface area contributed by atoms with Gasteiger partial charge in [-0.2, -0.15) is 0 Å². The Kier molecular flexibility index (Phi) is 3.95. The van der Waals surface area contributed by atoms with Crippen molar-refractivity contribution < 1.29 is 14.3 Å². The highest BCUT2D eigenvalue weighted by molar-refractivity contribution is 6.30. The molecule has 5 nitrogen and oxygen atoms in total. The Morgan fingerprint density at radius 2 is 1.96 bits per heavy atom. The molecule has 1 amide bonds. The number of carbonyl (C=O) groups excluding carboxylic acids is 1. The first kappa shape index (κ1) is 17.3. The Hall–Kier alpha value is -2.14. The van der Waals surface area contributed by atoms with Gasteiger partial charge in [-0.25, -0.2) is 4.79 Å². The average molecular weight is 375 g/mol. The van der Waals surface area contributed by atoms with Gasteiger partial charge in [-0.15, -0.1) is 0 Å². The fourth-order valence-corrected chi connectivity index (χ4v) is 3.89. The van der Waals surface area contributed by atoms with Crippen molar-refractivity contribution in [3.05, 3.63) is 47.2 Å². The first-order valence-electron chi connectivity index (χ1n) is 8.92. The quantitative estimate of drug-likeness (QED) is 0.668. The van der Waals surface area contributed by atoms with Crippen molar-refractivity contribution in [2.24, 2.45) is 0 Å². The summed E-state index contributed by atoms with van der Waals surface area (Å²) in [4.78, 5) is 14.1. The normalized spacial score (nSPS) is 18.1. The molecule has 1 fully saturated rings. The maximum Gasteiger partial charge on any atom is 0.410 e. The number of rotatable bonds is 0. The first-order valence-corrected chi connectivity index (χ1v) is 9.30. The van der Waals surface area contributed by atoms with Crippen LogP contribution in [-0.4, -0.2) is 34.3 Å². The highest BCUT2D eigenvalue weighted by Gasteiger charge is 2.45. The molecule has 1 aromatic heterocycles. The minimum Gasteiger partial charge on any atom is -0.479 e. The molecule has 0 aliphatic carbocycles. The van der Waals surface area contributed by atoms with E-state index >= 15 is 0 Å². The summed E-state index contributed by atoms with van der Waals surface area (Å²) in [6, 6.07) is 9.84. The van der Waals surface area contributed by atoms with Gasteiger partial charge < -0.3 is 18.9 Å². The predicted molar refractivity (Wildman–Crippen MR) is 100 cm³/mol. The van der Waals surface area contributed by atoms with Gasteiger partial charge in [0.2, 0.25) is 0 Å². The molecule has 0 N–H and O–H groups in total. The highest BCUT2D eigenvalue weighted by atomic mass is 35.5. The topological polar surface area (TPSA) is 43.7 Å². The van der Waals surface area contributed by atoms with Crippen LogP contribution in [0.3, 0.4) is 0 Å². The van der Waals surface area contributed by atoms with Crippen molar-refractivity contribution in [2.45, 2.75) is 44.8 Å². The Balaban J connectivity index is 1.59. The molecule has 1 aromatic carbocycles. The Bertz CT molecular complexity index is 845. The van der Waals surface area contributed by atoms with Gasteiger partial charge in [0.15, 0.2) is 5.60 Å². The van der Waals surface area contributed by atoms with Crippen LogP contribution in [0.1, 0.15) is 39.3 Å². The number of aromatic nitrogens is 1. The first-order chi connectivity index (χ1) is 12.3. The van der Waals surface area contributed by atoms with E-state index in [0.717, 1.165) is 17.1 Å². The summed E-state index contributed by atoms with van der Waals surface area (Å²) in [5, 5.41) is 0.653. The van der Waals surface area contributed by atoms with Crippen molar-refractivity contribution >= 4 is 17.7 Å². The van der Waals surface area contributed by atoms with Gasteiger partial charge in [0.05, 0.1) is 11.4 Å². The molecular formula is C20H23ClN2O3. The predicted octanol–water partition coefficient (Wildman–Crippen LogP) is 4.75. The minimum atomic E-state index is -0.488. The van der Waals surface area contributed by atoms with Crippen LogP contribution in [0.15, 0.2) is 36.5 Å². The van der Waals surface area contributed by atoms with Gasteiger partial charge in [-0.1, -0.05) is 11.6 Å². The van der Waals surface area contributed by atoms with Crippen LogP contribution < -0.4 is 4.74 Å². The zero-order valence-corrected chi connectivity index (χ0v) is 16.0. The maximum atomic E-state index is 12.4. The third-order valence-corrected chi connectivity index (χ3v) is 5.16. The van der Waals surface area contributed by atoms with E-state index in [1.807, 2.05) is 51.2 Å². The minimum absolute atomic E-state index is 0.262. The summed E-state index contributed by atoms with van der Waals surface area (Å²) in [5.74, 6) is 0.784. The van der Waals surface area contributed by atoms with E-state index in [9.17, 15) is 4.79 Å². The van der Waals surface area contributed by atoms with Crippen molar-refractivity contribution in [1.82, 2.24) is 9.47 Å². The summed E-state index contributed by atoms with van der Waals surface area (Å²) < 4.78 is 14.1. The van der Waals surface area contributed by atoms with Gasteiger partial charge in [0.25, 0.3) is 0 Å². The van der Waals surface area contributed by atoms with E-state index in [4.69, 9.17) is 21.1 Å². The van der Waals surface area contributed by atoms with E-state index in [1.165, 1.54) is 0 Å². The number of nitrogens with zero attached hydrogens (tertiary/aromatic N) is 2. The van der Waals surface area contributed by atoms with Crippen molar-refractivity contribution in [2.75, 3.05) is 13.1 Å². The van der Waals surface area contributed by atoms with Crippen LogP contribution in [0.4, 0.5) is 4.79 Å². The molecule has 6 heteroatoms. The zero-order valence-electron chi connectivity index (χ0n) is 15.3. The molecule has 0 radical (unpaired) electrons. The Morgan fingerprint density at radius 1 is 1.23 bits per heavy atom. The lowest BCUT2D eigenvalue weighted by atomic mass is 9.86. The molecule has 0 unspecified atom stereocenters. The second-order valence-corrected chi connectivity index (χ2v) is 8.38. The third-order valence-electron chi connectivity index (χ3n) is 4.93. The molecule has 1 spiro atoms. The number of likely N-dealkylation sites (tertiary alicyclic amines) is 1. The number of amides is 1. The molecule has 26 heavy (non-hydrogen) atoms. The number of ether oxygens (including phenoxy) is 2. The number of hydrogen-bond acceptors (Lipinski definition) is 3. The SMILES string of the molecule is CC(C)(C)OC(=O)N1CCC2(CC1)Oc1cc(Cl)ccc1-n1cccc12. The fourth-order valence-electron chi connectivity index (χ4n) is 3.73. The van der Waals surface area contributed by atoms with Crippen molar-refractivity contribution in [1.29, 1.82) is 0 Å². The standard InChI is InChI=1S/C20H23ClN2O3/c1-19(2,3)26-18(24)22-11-8-20(9-12-22)17-5-4-10-23(17)15-7-6-14(21)13-16(15)25-20/h4-7,10,13H,8-9,11-12H2,1-3H3. The Labute approximate surface area is 158 Å². The zero-order chi connectivity index (χ0) is 18.5. The number of hydrogen-bond donors (Lipinski definition) is 0. The van der Waals surface area contributed by atoms with E-state index in [0.29, 0.717) is 31.0 Å². The van der Waals surface area contributed by atoms with E-state index < -0.39 is 11.2 Å². The monoisotopic (exact) mass is 374 g/mol. The molecule has 0 saturated carbocycles. The number of benzene rings is 1. The van der Waals surface area contributed by atoms with Crippen LogP contribution in [0.2, 0.25) is 5.02 Å². The summed E-state index contributed by atoms with van der Waals surface area (Å²) in [7, 11) is 0. The third kappa shape index (κ3) is 2.94. The summed E-state index contributed by atoms with van der Waals surface area (Å²) in [6.45, 7) is 6.84. The molecule has 138 valence electrons. The second kappa shape index (κ2) is 5.95. The fraction of sp³-hybridized carbons (Fsp3) is 0.450. The molecule has 3 heterocycles. The molecule has 2 aromatic rings. The lowest BCUT2D eigenvalue weighted by Crippen LogP contribution is -2.50. The van der Waals surface area contributed by atoms with Crippen LogP contribution in [0.5, 0.6) is 5.75 Å². The molecule has 1 saturated heterocycles. The highest BCUT2D eigenvalue weighted by Crippen LogP contribution is 2.45. The number of piperidine rings is 1. The van der Waals surface area contributed by atoms with E-state index in [2.05, 4.69) is 10.6 Å². The van der Waals surface area contributed by atoms with Crippen LogP contribution in [0.25, 0.3) is 5.69 Å².